The molecule has 1 aromatic rings. The van der Waals surface area contributed by atoms with Crippen LogP contribution in [0.15, 0.2) is 24.3 Å². The van der Waals surface area contributed by atoms with E-state index in [4.69, 9.17) is 14.2 Å². The number of para-hydroxylation sites is 1. The molecule has 0 fully saturated rings. The predicted molar refractivity (Wildman–Crippen MR) is 68.9 cm³/mol. The van der Waals surface area contributed by atoms with Gasteiger partial charge in [-0.1, -0.05) is 18.2 Å². The third kappa shape index (κ3) is 5.90. The van der Waals surface area contributed by atoms with Crippen molar-refractivity contribution >= 4 is 11.9 Å². The number of esters is 2. The molecule has 5 heteroatoms. The van der Waals surface area contributed by atoms with Crippen molar-refractivity contribution in [1.82, 2.24) is 0 Å². The maximum absolute atomic E-state index is 11.2. The second-order valence-corrected chi connectivity index (χ2v) is 3.79. The number of benzene rings is 1. The van der Waals surface area contributed by atoms with Crippen LogP contribution >= 0.6 is 0 Å². The molecular weight excluding hydrogens is 248 g/mol. The lowest BCUT2D eigenvalue weighted by atomic mass is 10.1. The lowest BCUT2D eigenvalue weighted by Crippen LogP contribution is -2.15. The van der Waals surface area contributed by atoms with Gasteiger partial charge in [0.05, 0.1) is 13.2 Å². The predicted octanol–water partition coefficient (Wildman–Crippen LogP) is 1.73. The molecule has 0 N–H and O–H groups in total. The van der Waals surface area contributed by atoms with Crippen molar-refractivity contribution in [3.63, 3.8) is 0 Å². The number of carbonyl (C=O) groups is 2. The van der Waals surface area contributed by atoms with Gasteiger partial charge in [-0.3, -0.25) is 4.79 Å². The van der Waals surface area contributed by atoms with Crippen molar-refractivity contribution in [2.45, 2.75) is 20.3 Å². The molecule has 0 aliphatic carbocycles. The third-order valence-corrected chi connectivity index (χ3v) is 2.30. The number of hydrogen-bond donors (Lipinski definition) is 0. The Hall–Kier alpha value is -2.04. The molecule has 0 bridgehead atoms. The molecule has 0 heterocycles. The molecule has 0 spiro atoms. The van der Waals surface area contributed by atoms with Crippen LogP contribution in [0.1, 0.15) is 19.4 Å². The summed E-state index contributed by atoms with van der Waals surface area (Å²) in [6, 6.07) is 7.31. The lowest BCUT2D eigenvalue weighted by Gasteiger charge is -2.10. The summed E-state index contributed by atoms with van der Waals surface area (Å²) in [5.41, 5.74) is 0.882. The Balaban J connectivity index is 2.52. The largest absolute Gasteiger partial charge is 0.482 e. The van der Waals surface area contributed by atoms with E-state index in [0.29, 0.717) is 18.8 Å². The quantitative estimate of drug-likeness (QED) is 0.703. The smallest absolute Gasteiger partial charge is 0.344 e. The Labute approximate surface area is 112 Å². The van der Waals surface area contributed by atoms with Gasteiger partial charge in [0.15, 0.2) is 6.61 Å². The first kappa shape index (κ1) is 15.0. The molecule has 0 saturated heterocycles. The Morgan fingerprint density at radius 2 is 1.89 bits per heavy atom. The molecule has 1 rings (SSSR count). The van der Waals surface area contributed by atoms with E-state index in [1.807, 2.05) is 18.2 Å². The molecule has 0 aromatic heterocycles. The van der Waals surface area contributed by atoms with Gasteiger partial charge in [0.2, 0.25) is 0 Å². The number of hydrogen-bond acceptors (Lipinski definition) is 5. The average Bonchev–Trinajstić information content (AvgIpc) is 2.37. The standard InChI is InChI=1S/C14H18O5/c1-3-17-14(16)10-19-13-7-5-4-6-12(13)8-9-18-11(2)15/h4-7H,3,8-10H2,1-2H3. The van der Waals surface area contributed by atoms with Crippen LogP contribution in [0.4, 0.5) is 0 Å². The summed E-state index contributed by atoms with van der Waals surface area (Å²) < 4.78 is 15.1. The maximum atomic E-state index is 11.2. The van der Waals surface area contributed by atoms with Gasteiger partial charge in [0, 0.05) is 13.3 Å². The second kappa shape index (κ2) is 8.13. The minimum atomic E-state index is -0.405. The van der Waals surface area contributed by atoms with Crippen molar-refractivity contribution in [2.24, 2.45) is 0 Å². The highest BCUT2D eigenvalue weighted by Crippen LogP contribution is 2.18. The molecule has 0 radical (unpaired) electrons. The van der Waals surface area contributed by atoms with Gasteiger partial charge < -0.3 is 14.2 Å². The minimum absolute atomic E-state index is 0.127. The van der Waals surface area contributed by atoms with E-state index in [1.165, 1.54) is 6.92 Å². The third-order valence-electron chi connectivity index (χ3n) is 2.30. The van der Waals surface area contributed by atoms with Crippen molar-refractivity contribution < 1.29 is 23.8 Å². The van der Waals surface area contributed by atoms with Gasteiger partial charge in [-0.15, -0.1) is 0 Å². The molecule has 5 nitrogen and oxygen atoms in total. The molecule has 19 heavy (non-hydrogen) atoms. The highest BCUT2D eigenvalue weighted by molar-refractivity contribution is 5.71. The summed E-state index contributed by atoms with van der Waals surface area (Å²) in [5.74, 6) is -0.120. The summed E-state index contributed by atoms with van der Waals surface area (Å²) in [6.45, 7) is 3.60. The lowest BCUT2D eigenvalue weighted by molar-refractivity contribution is -0.145. The summed E-state index contributed by atoms with van der Waals surface area (Å²) in [4.78, 5) is 21.9. The molecular formula is C14H18O5. The van der Waals surface area contributed by atoms with E-state index in [-0.39, 0.29) is 19.2 Å². The molecule has 0 unspecified atom stereocenters. The van der Waals surface area contributed by atoms with E-state index < -0.39 is 5.97 Å². The Morgan fingerprint density at radius 1 is 1.16 bits per heavy atom. The zero-order valence-electron chi connectivity index (χ0n) is 11.2. The fraction of sp³-hybridized carbons (Fsp3) is 0.429. The first-order valence-electron chi connectivity index (χ1n) is 6.13. The Bertz CT molecular complexity index is 428. The Kier molecular flexibility index (Phi) is 6.43. The van der Waals surface area contributed by atoms with Crippen LogP contribution < -0.4 is 4.74 Å². The normalized spacial score (nSPS) is 9.79. The SMILES string of the molecule is CCOC(=O)COc1ccccc1CCOC(C)=O. The highest BCUT2D eigenvalue weighted by Gasteiger charge is 2.07. The van der Waals surface area contributed by atoms with E-state index in [0.717, 1.165) is 5.56 Å². The highest BCUT2D eigenvalue weighted by atomic mass is 16.6. The topological polar surface area (TPSA) is 61.8 Å². The zero-order chi connectivity index (χ0) is 14.1. The fourth-order valence-corrected chi connectivity index (χ4v) is 1.50. The number of ether oxygens (including phenoxy) is 3. The van der Waals surface area contributed by atoms with Crippen molar-refractivity contribution in [3.8, 4) is 5.75 Å². The number of carbonyl (C=O) groups excluding carboxylic acids is 2. The first-order valence-corrected chi connectivity index (χ1v) is 6.13. The maximum Gasteiger partial charge on any atom is 0.344 e. The van der Waals surface area contributed by atoms with Crippen LogP contribution in [0.3, 0.4) is 0 Å². The van der Waals surface area contributed by atoms with Gasteiger partial charge in [-0.05, 0) is 18.6 Å². The van der Waals surface area contributed by atoms with Crippen LogP contribution in [0.2, 0.25) is 0 Å². The fourth-order valence-electron chi connectivity index (χ4n) is 1.50. The Morgan fingerprint density at radius 3 is 2.58 bits per heavy atom. The van der Waals surface area contributed by atoms with E-state index in [1.54, 1.807) is 13.0 Å². The molecule has 0 aliphatic heterocycles. The zero-order valence-corrected chi connectivity index (χ0v) is 11.2. The monoisotopic (exact) mass is 266 g/mol. The van der Waals surface area contributed by atoms with Crippen LogP contribution in [0.5, 0.6) is 5.75 Å². The molecule has 1 aromatic carbocycles. The van der Waals surface area contributed by atoms with Crippen molar-refractivity contribution in [2.75, 3.05) is 19.8 Å². The van der Waals surface area contributed by atoms with Crippen LogP contribution in [-0.4, -0.2) is 31.8 Å². The average molecular weight is 266 g/mol. The summed E-state index contributed by atoms with van der Waals surface area (Å²) in [7, 11) is 0. The first-order chi connectivity index (χ1) is 9.13. The molecule has 0 aliphatic rings. The van der Waals surface area contributed by atoms with Crippen molar-refractivity contribution in [1.29, 1.82) is 0 Å². The van der Waals surface area contributed by atoms with Crippen LogP contribution in [0, 0.1) is 0 Å². The van der Waals surface area contributed by atoms with E-state index in [2.05, 4.69) is 0 Å². The van der Waals surface area contributed by atoms with Gasteiger partial charge in [-0.2, -0.15) is 0 Å². The van der Waals surface area contributed by atoms with Gasteiger partial charge >= 0.3 is 11.9 Å². The van der Waals surface area contributed by atoms with Crippen molar-refractivity contribution in [3.05, 3.63) is 29.8 Å². The minimum Gasteiger partial charge on any atom is -0.482 e. The number of rotatable bonds is 7. The molecule has 0 amide bonds. The van der Waals surface area contributed by atoms with Gasteiger partial charge in [-0.25, -0.2) is 4.79 Å². The van der Waals surface area contributed by atoms with Crippen LogP contribution in [-0.2, 0) is 25.5 Å². The summed E-state index contributed by atoms with van der Waals surface area (Å²) in [6.07, 6.45) is 0.540. The van der Waals surface area contributed by atoms with Gasteiger partial charge in [0.25, 0.3) is 0 Å². The van der Waals surface area contributed by atoms with Gasteiger partial charge in [0.1, 0.15) is 5.75 Å². The molecule has 0 atom stereocenters. The molecule has 0 saturated carbocycles. The van der Waals surface area contributed by atoms with Crippen LogP contribution in [0.25, 0.3) is 0 Å². The van der Waals surface area contributed by atoms with E-state index >= 15 is 0 Å². The molecule has 104 valence electrons. The second-order valence-electron chi connectivity index (χ2n) is 3.79. The summed E-state index contributed by atoms with van der Waals surface area (Å²) in [5, 5.41) is 0. The van der Waals surface area contributed by atoms with E-state index in [9.17, 15) is 9.59 Å². The summed E-state index contributed by atoms with van der Waals surface area (Å²) >= 11 is 0.